The van der Waals surface area contributed by atoms with Crippen LogP contribution in [0.3, 0.4) is 0 Å². The van der Waals surface area contributed by atoms with E-state index in [0.29, 0.717) is 38.7 Å². The van der Waals surface area contributed by atoms with Gasteiger partial charge in [0.25, 0.3) is 5.91 Å². The van der Waals surface area contributed by atoms with Crippen molar-refractivity contribution in [2.75, 3.05) is 5.32 Å². The van der Waals surface area contributed by atoms with Crippen molar-refractivity contribution >= 4 is 52.5 Å². The standard InChI is InChI=1S/C23H15Cl3N2O2/c24-18-6-4-15(5-7-18)14-30-22-3-1-2-16(9-22)8-17(13-27)23(29)28-21-11-19(25)10-20(26)12-21/h1-12H,14H2,(H,28,29). The first-order valence-corrected chi connectivity index (χ1v) is 9.93. The van der Waals surface area contributed by atoms with Crippen molar-refractivity contribution in [1.82, 2.24) is 0 Å². The summed E-state index contributed by atoms with van der Waals surface area (Å²) < 4.78 is 5.79. The topological polar surface area (TPSA) is 62.1 Å². The maximum absolute atomic E-state index is 12.5. The smallest absolute Gasteiger partial charge is 0.266 e. The van der Waals surface area contributed by atoms with Gasteiger partial charge in [-0.25, -0.2) is 0 Å². The first kappa shape index (κ1) is 21.7. The molecule has 1 N–H and O–H groups in total. The van der Waals surface area contributed by atoms with E-state index in [4.69, 9.17) is 39.5 Å². The highest BCUT2D eigenvalue weighted by atomic mass is 35.5. The zero-order chi connectivity index (χ0) is 21.5. The molecule has 0 aromatic heterocycles. The Morgan fingerprint density at radius 3 is 2.33 bits per heavy atom. The highest BCUT2D eigenvalue weighted by Crippen LogP contribution is 2.23. The van der Waals surface area contributed by atoms with E-state index in [2.05, 4.69) is 5.32 Å². The van der Waals surface area contributed by atoms with Gasteiger partial charge < -0.3 is 10.1 Å². The maximum Gasteiger partial charge on any atom is 0.266 e. The molecule has 3 aromatic carbocycles. The number of carbonyl (C=O) groups is 1. The van der Waals surface area contributed by atoms with E-state index in [1.165, 1.54) is 6.08 Å². The van der Waals surface area contributed by atoms with Crippen molar-refractivity contribution in [3.63, 3.8) is 0 Å². The van der Waals surface area contributed by atoms with E-state index < -0.39 is 5.91 Å². The molecule has 0 heterocycles. The molecule has 7 heteroatoms. The van der Waals surface area contributed by atoms with Gasteiger partial charge in [0.2, 0.25) is 0 Å². The van der Waals surface area contributed by atoms with E-state index >= 15 is 0 Å². The first-order chi connectivity index (χ1) is 14.4. The molecular formula is C23H15Cl3N2O2. The number of halogens is 3. The number of hydrogen-bond donors (Lipinski definition) is 1. The van der Waals surface area contributed by atoms with E-state index in [1.54, 1.807) is 54.6 Å². The van der Waals surface area contributed by atoms with Crippen LogP contribution in [0.2, 0.25) is 15.1 Å². The molecule has 0 spiro atoms. The van der Waals surface area contributed by atoms with Crippen LogP contribution in [0.15, 0.2) is 72.3 Å². The molecule has 0 aliphatic heterocycles. The maximum atomic E-state index is 12.5. The second kappa shape index (κ2) is 10.2. The average molecular weight is 458 g/mol. The van der Waals surface area contributed by atoms with Crippen LogP contribution in [0.1, 0.15) is 11.1 Å². The number of nitrogens with one attached hydrogen (secondary N) is 1. The number of amides is 1. The van der Waals surface area contributed by atoms with Gasteiger partial charge in [-0.2, -0.15) is 5.26 Å². The number of hydrogen-bond acceptors (Lipinski definition) is 3. The third-order valence-corrected chi connectivity index (χ3v) is 4.66. The van der Waals surface area contributed by atoms with E-state index in [-0.39, 0.29) is 5.57 Å². The van der Waals surface area contributed by atoms with Crippen LogP contribution < -0.4 is 10.1 Å². The Kier molecular flexibility index (Phi) is 7.37. The van der Waals surface area contributed by atoms with E-state index in [1.807, 2.05) is 18.2 Å². The first-order valence-electron chi connectivity index (χ1n) is 8.79. The van der Waals surface area contributed by atoms with Gasteiger partial charge in [0.15, 0.2) is 0 Å². The SMILES string of the molecule is N#CC(=Cc1cccc(OCc2ccc(Cl)cc2)c1)C(=O)Nc1cc(Cl)cc(Cl)c1. The number of benzene rings is 3. The fourth-order valence-corrected chi connectivity index (χ4v) is 3.23. The van der Waals surface area contributed by atoms with Crippen LogP contribution in [0.4, 0.5) is 5.69 Å². The molecule has 0 saturated heterocycles. The Bertz CT molecular complexity index is 1120. The number of rotatable bonds is 6. The summed E-state index contributed by atoms with van der Waals surface area (Å²) in [5, 5.41) is 13.5. The highest BCUT2D eigenvalue weighted by Gasteiger charge is 2.11. The van der Waals surface area contributed by atoms with Crippen molar-refractivity contribution in [3.05, 3.63) is 98.5 Å². The lowest BCUT2D eigenvalue weighted by atomic mass is 10.1. The summed E-state index contributed by atoms with van der Waals surface area (Å²) in [5.41, 5.74) is 1.96. The van der Waals surface area contributed by atoms with Crippen LogP contribution in [-0.2, 0) is 11.4 Å². The van der Waals surface area contributed by atoms with Crippen LogP contribution in [0.25, 0.3) is 6.08 Å². The summed E-state index contributed by atoms with van der Waals surface area (Å²) in [4.78, 5) is 12.5. The average Bonchev–Trinajstić information content (AvgIpc) is 2.71. The Labute approximate surface area is 189 Å². The van der Waals surface area contributed by atoms with Gasteiger partial charge >= 0.3 is 0 Å². The predicted octanol–water partition coefficient (Wildman–Crippen LogP) is 6.77. The fraction of sp³-hybridized carbons (Fsp3) is 0.0435. The number of carbonyl (C=O) groups excluding carboxylic acids is 1. The lowest BCUT2D eigenvalue weighted by molar-refractivity contribution is -0.112. The summed E-state index contributed by atoms with van der Waals surface area (Å²) >= 11 is 17.8. The number of nitrogens with zero attached hydrogens (tertiary/aromatic N) is 1. The van der Waals surface area contributed by atoms with Gasteiger partial charge in [0, 0.05) is 20.8 Å². The highest BCUT2D eigenvalue weighted by molar-refractivity contribution is 6.35. The Hall–Kier alpha value is -2.97. The molecule has 4 nitrogen and oxygen atoms in total. The number of ether oxygens (including phenoxy) is 1. The van der Waals surface area contributed by atoms with Gasteiger partial charge in [0.1, 0.15) is 24.0 Å². The second-order valence-electron chi connectivity index (χ2n) is 6.27. The van der Waals surface area contributed by atoms with Crippen molar-refractivity contribution in [2.45, 2.75) is 6.61 Å². The van der Waals surface area contributed by atoms with E-state index in [9.17, 15) is 10.1 Å². The summed E-state index contributed by atoms with van der Waals surface area (Å²) in [7, 11) is 0. The number of nitriles is 1. The Morgan fingerprint density at radius 2 is 1.67 bits per heavy atom. The molecule has 3 rings (SSSR count). The molecular weight excluding hydrogens is 443 g/mol. The van der Waals surface area contributed by atoms with Crippen LogP contribution in [-0.4, -0.2) is 5.91 Å². The predicted molar refractivity (Wildman–Crippen MR) is 121 cm³/mol. The molecule has 0 atom stereocenters. The lowest BCUT2D eigenvalue weighted by Gasteiger charge is -2.08. The second-order valence-corrected chi connectivity index (χ2v) is 7.58. The zero-order valence-corrected chi connectivity index (χ0v) is 17.8. The molecule has 0 bridgehead atoms. The minimum atomic E-state index is -0.566. The molecule has 3 aromatic rings. The third-order valence-electron chi connectivity index (χ3n) is 3.97. The Balaban J connectivity index is 1.72. The van der Waals surface area contributed by atoms with E-state index in [0.717, 1.165) is 5.56 Å². The van der Waals surface area contributed by atoms with Crippen molar-refractivity contribution < 1.29 is 9.53 Å². The summed E-state index contributed by atoms with van der Waals surface area (Å²) in [6, 6.07) is 21.0. The van der Waals surface area contributed by atoms with Gasteiger partial charge in [-0.1, -0.05) is 59.1 Å². The fourth-order valence-electron chi connectivity index (χ4n) is 2.58. The lowest BCUT2D eigenvalue weighted by Crippen LogP contribution is -2.13. The molecule has 1 amide bonds. The third kappa shape index (κ3) is 6.27. The molecule has 0 radical (unpaired) electrons. The van der Waals surface area contributed by atoms with Crippen molar-refractivity contribution in [2.24, 2.45) is 0 Å². The van der Waals surface area contributed by atoms with Crippen LogP contribution >= 0.6 is 34.8 Å². The molecule has 0 aliphatic carbocycles. The Morgan fingerprint density at radius 1 is 0.967 bits per heavy atom. The summed E-state index contributed by atoms with van der Waals surface area (Å²) in [5.74, 6) is 0.0429. The minimum absolute atomic E-state index is 0.0686. The van der Waals surface area contributed by atoms with Crippen molar-refractivity contribution in [1.29, 1.82) is 5.26 Å². The summed E-state index contributed by atoms with van der Waals surface area (Å²) in [6.45, 7) is 0.367. The van der Waals surface area contributed by atoms with Gasteiger partial charge in [0.05, 0.1) is 0 Å². The van der Waals surface area contributed by atoms with Gasteiger partial charge in [-0.3, -0.25) is 4.79 Å². The van der Waals surface area contributed by atoms with Crippen molar-refractivity contribution in [3.8, 4) is 11.8 Å². The van der Waals surface area contributed by atoms with Gasteiger partial charge in [-0.05, 0) is 59.7 Å². The molecule has 0 aliphatic rings. The molecule has 30 heavy (non-hydrogen) atoms. The monoisotopic (exact) mass is 456 g/mol. The van der Waals surface area contributed by atoms with Crippen LogP contribution in [0, 0.1) is 11.3 Å². The zero-order valence-electron chi connectivity index (χ0n) is 15.5. The molecule has 0 fully saturated rings. The number of anilines is 1. The molecule has 0 saturated carbocycles. The largest absolute Gasteiger partial charge is 0.489 e. The quantitative estimate of drug-likeness (QED) is 0.328. The molecule has 150 valence electrons. The minimum Gasteiger partial charge on any atom is -0.489 e. The van der Waals surface area contributed by atoms with Gasteiger partial charge in [-0.15, -0.1) is 0 Å². The van der Waals surface area contributed by atoms with Crippen LogP contribution in [0.5, 0.6) is 5.75 Å². The normalized spacial score (nSPS) is 10.9. The summed E-state index contributed by atoms with van der Waals surface area (Å²) in [6.07, 6.45) is 1.48. The molecule has 0 unspecified atom stereocenters.